The molecule has 0 aromatic heterocycles. The molecule has 1 aliphatic rings. The number of morpholine rings is 1. The Hall–Kier alpha value is -3.51. The lowest BCUT2D eigenvalue weighted by molar-refractivity contribution is -0.384. The molecule has 1 heterocycles. The number of nitrogens with one attached hydrogen (secondary N) is 1. The Labute approximate surface area is 219 Å². The van der Waals surface area contributed by atoms with Gasteiger partial charge in [-0.3, -0.25) is 14.7 Å². The predicted octanol–water partition coefficient (Wildman–Crippen LogP) is 2.77. The van der Waals surface area contributed by atoms with E-state index in [0.717, 1.165) is 12.7 Å². The number of carbonyl (C=O) groups is 2. The van der Waals surface area contributed by atoms with Gasteiger partial charge in [0.1, 0.15) is 18.3 Å². The van der Waals surface area contributed by atoms with Crippen molar-refractivity contribution in [2.45, 2.75) is 24.9 Å². The van der Waals surface area contributed by atoms with Crippen molar-refractivity contribution in [3.8, 4) is 0 Å². The van der Waals surface area contributed by atoms with Crippen LogP contribution in [0.25, 0.3) is 0 Å². The first kappa shape index (κ1) is 29.1. The molecular formula is C24H30N3O10P. The number of amides is 1. The average Bonchev–Trinajstić information content (AvgIpc) is 2.95. The monoisotopic (exact) mass is 551 g/mol. The lowest BCUT2D eigenvalue weighted by atomic mass is 10.1. The Kier molecular flexibility index (Phi) is 11.0. The minimum absolute atomic E-state index is 0.00652. The molecule has 3 rings (SSSR count). The molecule has 13 nitrogen and oxygen atoms in total. The molecule has 14 heteroatoms. The Morgan fingerprint density at radius 3 is 2.58 bits per heavy atom. The summed E-state index contributed by atoms with van der Waals surface area (Å²) < 4.78 is 32.9. The number of hydrogen-bond acceptors (Lipinski definition) is 11. The van der Waals surface area contributed by atoms with Crippen molar-refractivity contribution >= 4 is 31.5 Å². The maximum atomic E-state index is 12.6. The van der Waals surface area contributed by atoms with Gasteiger partial charge in [0.05, 0.1) is 31.9 Å². The number of alkyl carbamates (subject to hydrolysis) is 1. The van der Waals surface area contributed by atoms with E-state index < -0.39 is 36.9 Å². The summed E-state index contributed by atoms with van der Waals surface area (Å²) in [6.45, 7) is 1.56. The number of nitrogens with zero attached hydrogens (tertiary/aromatic N) is 2. The van der Waals surface area contributed by atoms with Crippen molar-refractivity contribution in [3.63, 3.8) is 0 Å². The van der Waals surface area contributed by atoms with Crippen LogP contribution in [0.15, 0.2) is 48.5 Å². The molecule has 2 N–H and O–H groups in total. The Bertz CT molecular complexity index is 1130. The molecule has 1 amide bonds. The number of aliphatic hydroxyl groups is 1. The highest BCUT2D eigenvalue weighted by Crippen LogP contribution is 2.42. The molecular weight excluding hydrogens is 521 g/mol. The van der Waals surface area contributed by atoms with Crippen molar-refractivity contribution in [1.82, 2.24) is 5.32 Å². The maximum Gasteiger partial charge on any atom is 0.408 e. The summed E-state index contributed by atoms with van der Waals surface area (Å²) in [5.41, 5.74) is 0.958. The number of hydrogen-bond donors (Lipinski definition) is 2. The van der Waals surface area contributed by atoms with Crippen molar-refractivity contribution in [3.05, 3.63) is 69.8 Å². The highest BCUT2D eigenvalue weighted by molar-refractivity contribution is 7.39. The van der Waals surface area contributed by atoms with E-state index >= 15 is 0 Å². The number of ether oxygens (including phenoxy) is 3. The summed E-state index contributed by atoms with van der Waals surface area (Å²) in [4.78, 5) is 37.1. The summed E-state index contributed by atoms with van der Waals surface area (Å²) >= 11 is 0. The molecule has 1 aliphatic heterocycles. The third-order valence-corrected chi connectivity index (χ3v) is 7.00. The molecule has 38 heavy (non-hydrogen) atoms. The molecule has 0 aliphatic carbocycles. The largest absolute Gasteiger partial charge is 0.467 e. The number of benzene rings is 2. The van der Waals surface area contributed by atoms with Gasteiger partial charge in [-0.2, -0.15) is 0 Å². The fourth-order valence-electron chi connectivity index (χ4n) is 3.72. The fraction of sp³-hybridized carbons (Fsp3) is 0.417. The molecule has 0 bridgehead atoms. The standard InChI is InChI=1S/C24H30N3O10P/c1-34-22(28)19(25-24(30)36-16-17-5-3-2-4-6-17)9-12-37-38(33)23(29)18-7-8-20(21(15-18)27(31)32)26-10-13-35-14-11-26/h2-8,15,19,23,29,38H,9-14,16H2,1H3,(H,25,30)/t19-,23?/m0/s1. The predicted molar refractivity (Wildman–Crippen MR) is 136 cm³/mol. The first-order valence-electron chi connectivity index (χ1n) is 11.8. The van der Waals surface area contributed by atoms with Gasteiger partial charge >= 0.3 is 12.1 Å². The Morgan fingerprint density at radius 1 is 1.21 bits per heavy atom. The third-order valence-electron chi connectivity index (χ3n) is 5.73. The number of carbonyl (C=O) groups excluding carboxylic acids is 2. The lowest BCUT2D eigenvalue weighted by Gasteiger charge is -2.28. The van der Waals surface area contributed by atoms with Crippen molar-refractivity contribution < 1.29 is 42.9 Å². The second-order valence-electron chi connectivity index (χ2n) is 8.25. The van der Waals surface area contributed by atoms with Gasteiger partial charge in [-0.25, -0.2) is 9.59 Å². The lowest BCUT2D eigenvalue weighted by Crippen LogP contribution is -2.42. The van der Waals surface area contributed by atoms with E-state index in [2.05, 4.69) is 10.1 Å². The number of nitro groups is 1. The SMILES string of the molecule is COC(=O)[C@H](CCO[PH](=O)C(O)c1ccc(N2CCOCC2)c([N+](=O)[O-])c1)NC(=O)OCc1ccccc1. The van der Waals surface area contributed by atoms with E-state index in [-0.39, 0.29) is 30.9 Å². The van der Waals surface area contributed by atoms with E-state index in [1.807, 2.05) is 11.0 Å². The van der Waals surface area contributed by atoms with Gasteiger partial charge in [0.25, 0.3) is 5.69 Å². The molecule has 206 valence electrons. The van der Waals surface area contributed by atoms with Crippen LogP contribution >= 0.6 is 8.03 Å². The molecule has 1 saturated heterocycles. The third kappa shape index (κ3) is 8.25. The van der Waals surface area contributed by atoms with Crippen LogP contribution in [0.5, 0.6) is 0 Å². The summed E-state index contributed by atoms with van der Waals surface area (Å²) in [6, 6.07) is 11.9. The fourth-order valence-corrected chi connectivity index (χ4v) is 4.65. The van der Waals surface area contributed by atoms with E-state index in [0.29, 0.717) is 32.0 Å². The molecule has 2 aromatic rings. The van der Waals surface area contributed by atoms with E-state index in [1.54, 1.807) is 24.3 Å². The topological polar surface area (TPSA) is 167 Å². The van der Waals surface area contributed by atoms with Crippen LogP contribution in [0.4, 0.5) is 16.2 Å². The van der Waals surface area contributed by atoms with Crippen LogP contribution in [-0.2, 0) is 34.7 Å². The smallest absolute Gasteiger partial charge is 0.408 e. The summed E-state index contributed by atoms with van der Waals surface area (Å²) in [6.07, 6.45) is -0.976. The Balaban J connectivity index is 1.55. The van der Waals surface area contributed by atoms with Gasteiger partial charge in [-0.1, -0.05) is 36.4 Å². The average molecular weight is 551 g/mol. The maximum absolute atomic E-state index is 12.6. The minimum atomic E-state index is -3.15. The summed E-state index contributed by atoms with van der Waals surface area (Å²) in [7, 11) is -2.00. The number of anilines is 1. The molecule has 2 unspecified atom stereocenters. The van der Waals surface area contributed by atoms with Crippen molar-refractivity contribution in [2.75, 3.05) is 44.9 Å². The van der Waals surface area contributed by atoms with Crippen molar-refractivity contribution in [2.24, 2.45) is 0 Å². The van der Waals surface area contributed by atoms with Crippen LogP contribution in [0.1, 0.15) is 23.4 Å². The van der Waals surface area contributed by atoms with E-state index in [1.165, 1.54) is 18.2 Å². The van der Waals surface area contributed by atoms with E-state index in [9.17, 15) is 29.4 Å². The van der Waals surface area contributed by atoms with Gasteiger partial charge in [-0.15, -0.1) is 0 Å². The zero-order chi connectivity index (χ0) is 27.5. The van der Waals surface area contributed by atoms with Crippen molar-refractivity contribution in [1.29, 1.82) is 0 Å². The van der Waals surface area contributed by atoms with Crippen LogP contribution in [0.2, 0.25) is 0 Å². The second kappa shape index (κ2) is 14.4. The molecule has 2 aromatic carbocycles. The van der Waals surface area contributed by atoms with Gasteiger partial charge in [0.2, 0.25) is 8.03 Å². The van der Waals surface area contributed by atoms with Gasteiger partial charge < -0.3 is 34.1 Å². The quantitative estimate of drug-likeness (QED) is 0.172. The summed E-state index contributed by atoms with van der Waals surface area (Å²) in [5, 5.41) is 24.5. The van der Waals surface area contributed by atoms with Gasteiger partial charge in [-0.05, 0) is 17.2 Å². The van der Waals surface area contributed by atoms with Crippen LogP contribution in [0, 0.1) is 10.1 Å². The van der Waals surface area contributed by atoms with Gasteiger partial charge in [0.15, 0.2) is 5.85 Å². The Morgan fingerprint density at radius 2 is 1.92 bits per heavy atom. The zero-order valence-electron chi connectivity index (χ0n) is 20.7. The molecule has 0 radical (unpaired) electrons. The molecule has 0 saturated carbocycles. The number of aliphatic hydroxyl groups excluding tert-OH is 1. The number of methoxy groups -OCH3 is 1. The summed E-state index contributed by atoms with van der Waals surface area (Å²) in [5.74, 6) is -2.38. The number of rotatable bonds is 12. The number of nitro benzene ring substituents is 1. The van der Waals surface area contributed by atoms with Crippen LogP contribution in [0.3, 0.4) is 0 Å². The first-order chi connectivity index (χ1) is 18.3. The molecule has 3 atom stereocenters. The van der Waals surface area contributed by atoms with Crippen LogP contribution in [-0.4, -0.2) is 68.2 Å². The van der Waals surface area contributed by atoms with E-state index in [4.69, 9.17) is 14.0 Å². The number of esters is 1. The van der Waals surface area contributed by atoms with Crippen LogP contribution < -0.4 is 10.2 Å². The minimum Gasteiger partial charge on any atom is -0.467 e. The molecule has 1 fully saturated rings. The molecule has 0 spiro atoms. The van der Waals surface area contributed by atoms with Gasteiger partial charge in [0, 0.05) is 25.6 Å². The second-order valence-corrected chi connectivity index (χ2v) is 9.72. The highest BCUT2D eigenvalue weighted by Gasteiger charge is 2.27. The zero-order valence-corrected chi connectivity index (χ0v) is 21.7. The normalized spacial score (nSPS) is 15.7. The highest BCUT2D eigenvalue weighted by atomic mass is 31.1. The first-order valence-corrected chi connectivity index (χ1v) is 13.2.